The molecule has 1 unspecified atom stereocenters. The van der Waals surface area contributed by atoms with Crippen LogP contribution in [0.25, 0.3) is 0 Å². The minimum absolute atomic E-state index is 0.0387. The number of hydrogen-bond acceptors (Lipinski definition) is 5. The number of methoxy groups -OCH3 is 1. The third-order valence-electron chi connectivity index (χ3n) is 6.48. The maximum absolute atomic E-state index is 13.5. The lowest BCUT2D eigenvalue weighted by molar-refractivity contribution is -0.133. The molecule has 0 spiro atoms. The summed E-state index contributed by atoms with van der Waals surface area (Å²) in [5.74, 6) is 1.16. The second kappa shape index (κ2) is 10.6. The summed E-state index contributed by atoms with van der Waals surface area (Å²) in [5, 5.41) is 0. The largest absolute Gasteiger partial charge is 0.496 e. The lowest BCUT2D eigenvalue weighted by Crippen LogP contribution is -2.52. The minimum Gasteiger partial charge on any atom is -0.496 e. The Morgan fingerprint density at radius 2 is 1.74 bits per heavy atom. The lowest BCUT2D eigenvalue weighted by Gasteiger charge is -2.41. The van der Waals surface area contributed by atoms with Crippen molar-refractivity contribution in [1.29, 1.82) is 0 Å². The molecule has 0 radical (unpaired) electrons. The summed E-state index contributed by atoms with van der Waals surface area (Å²) >= 11 is 0. The SMILES string of the molecule is COc1ccccc1C1CN(C(=O)c2ccccc2OCCN2CCCC2=O)CCN1C(C)=O. The van der Waals surface area contributed by atoms with Crippen molar-refractivity contribution in [3.63, 3.8) is 0 Å². The highest BCUT2D eigenvalue weighted by Gasteiger charge is 2.34. The van der Waals surface area contributed by atoms with Crippen LogP contribution in [0.5, 0.6) is 11.5 Å². The molecule has 2 aliphatic heterocycles. The van der Waals surface area contributed by atoms with Gasteiger partial charge in [-0.2, -0.15) is 0 Å². The number of rotatable bonds is 7. The monoisotopic (exact) mass is 465 g/mol. The van der Waals surface area contributed by atoms with E-state index in [2.05, 4.69) is 0 Å². The summed E-state index contributed by atoms with van der Waals surface area (Å²) in [7, 11) is 1.60. The quantitative estimate of drug-likeness (QED) is 0.628. The van der Waals surface area contributed by atoms with E-state index in [1.807, 2.05) is 36.4 Å². The first-order chi connectivity index (χ1) is 16.5. The molecule has 0 N–H and O–H groups in total. The lowest BCUT2D eigenvalue weighted by atomic mass is 10.00. The smallest absolute Gasteiger partial charge is 0.257 e. The average molecular weight is 466 g/mol. The van der Waals surface area contributed by atoms with Crippen LogP contribution in [-0.2, 0) is 9.59 Å². The Labute approximate surface area is 200 Å². The summed E-state index contributed by atoms with van der Waals surface area (Å²) < 4.78 is 11.5. The maximum atomic E-state index is 13.5. The molecule has 2 aromatic carbocycles. The van der Waals surface area contributed by atoms with Gasteiger partial charge in [-0.15, -0.1) is 0 Å². The minimum atomic E-state index is -0.305. The van der Waals surface area contributed by atoms with Crippen molar-refractivity contribution < 1.29 is 23.9 Å². The molecule has 0 bridgehead atoms. The molecule has 2 aliphatic rings. The number of benzene rings is 2. The van der Waals surface area contributed by atoms with Gasteiger partial charge in [0.2, 0.25) is 11.8 Å². The van der Waals surface area contributed by atoms with Crippen molar-refractivity contribution in [3.8, 4) is 11.5 Å². The van der Waals surface area contributed by atoms with E-state index in [9.17, 15) is 14.4 Å². The molecule has 3 amide bonds. The van der Waals surface area contributed by atoms with Crippen molar-refractivity contribution in [1.82, 2.24) is 14.7 Å². The van der Waals surface area contributed by atoms with E-state index >= 15 is 0 Å². The van der Waals surface area contributed by atoms with Gasteiger partial charge in [0.05, 0.1) is 25.3 Å². The van der Waals surface area contributed by atoms with E-state index in [1.165, 1.54) is 0 Å². The zero-order valence-corrected chi connectivity index (χ0v) is 19.7. The summed E-state index contributed by atoms with van der Waals surface area (Å²) in [6.07, 6.45) is 1.47. The molecule has 4 rings (SSSR count). The molecule has 0 saturated carbocycles. The van der Waals surface area contributed by atoms with Gasteiger partial charge in [0.15, 0.2) is 0 Å². The molecule has 34 heavy (non-hydrogen) atoms. The molecule has 8 nitrogen and oxygen atoms in total. The number of para-hydroxylation sites is 2. The van der Waals surface area contributed by atoms with Gasteiger partial charge in [0, 0.05) is 45.1 Å². The normalized spacial score (nSPS) is 18.2. The van der Waals surface area contributed by atoms with Gasteiger partial charge in [-0.3, -0.25) is 14.4 Å². The number of carbonyl (C=O) groups is 3. The van der Waals surface area contributed by atoms with Crippen LogP contribution in [0.2, 0.25) is 0 Å². The van der Waals surface area contributed by atoms with Crippen LogP contribution in [0.15, 0.2) is 48.5 Å². The zero-order chi connectivity index (χ0) is 24.1. The Balaban J connectivity index is 1.50. The molecular formula is C26H31N3O5. The number of carbonyl (C=O) groups excluding carboxylic acids is 3. The van der Waals surface area contributed by atoms with Crippen LogP contribution >= 0.6 is 0 Å². The average Bonchev–Trinajstić information content (AvgIpc) is 3.27. The van der Waals surface area contributed by atoms with Crippen LogP contribution in [0.1, 0.15) is 41.7 Å². The molecule has 8 heteroatoms. The van der Waals surface area contributed by atoms with Gasteiger partial charge in [0.25, 0.3) is 5.91 Å². The van der Waals surface area contributed by atoms with Crippen molar-refractivity contribution in [3.05, 3.63) is 59.7 Å². The first kappa shape index (κ1) is 23.6. The van der Waals surface area contributed by atoms with Gasteiger partial charge in [-0.1, -0.05) is 30.3 Å². The van der Waals surface area contributed by atoms with Crippen molar-refractivity contribution in [2.75, 3.05) is 46.4 Å². The Morgan fingerprint density at radius 3 is 2.44 bits per heavy atom. The predicted molar refractivity (Wildman–Crippen MR) is 127 cm³/mol. The van der Waals surface area contributed by atoms with Gasteiger partial charge in [-0.05, 0) is 24.6 Å². The first-order valence-corrected chi connectivity index (χ1v) is 11.7. The molecule has 2 aromatic rings. The Bertz CT molecular complexity index is 1060. The van der Waals surface area contributed by atoms with Crippen molar-refractivity contribution in [2.24, 2.45) is 0 Å². The number of likely N-dealkylation sites (tertiary alicyclic amines) is 1. The molecule has 0 aromatic heterocycles. The number of nitrogens with zero attached hydrogens (tertiary/aromatic N) is 3. The fourth-order valence-corrected chi connectivity index (χ4v) is 4.70. The second-order valence-corrected chi connectivity index (χ2v) is 8.55. The van der Waals surface area contributed by atoms with Crippen LogP contribution < -0.4 is 9.47 Å². The molecule has 1 atom stereocenters. The highest BCUT2D eigenvalue weighted by Crippen LogP contribution is 2.33. The van der Waals surface area contributed by atoms with E-state index in [0.29, 0.717) is 56.3 Å². The molecular weight excluding hydrogens is 434 g/mol. The fourth-order valence-electron chi connectivity index (χ4n) is 4.70. The molecule has 2 heterocycles. The Hall–Kier alpha value is -3.55. The number of piperazine rings is 1. The molecule has 180 valence electrons. The van der Waals surface area contributed by atoms with Crippen molar-refractivity contribution in [2.45, 2.75) is 25.8 Å². The third-order valence-corrected chi connectivity index (χ3v) is 6.48. The third kappa shape index (κ3) is 5.00. The van der Waals surface area contributed by atoms with Crippen LogP contribution in [0.3, 0.4) is 0 Å². The van der Waals surface area contributed by atoms with Gasteiger partial charge < -0.3 is 24.2 Å². The maximum Gasteiger partial charge on any atom is 0.257 e. The topological polar surface area (TPSA) is 79.4 Å². The Morgan fingerprint density at radius 1 is 1.00 bits per heavy atom. The summed E-state index contributed by atoms with van der Waals surface area (Å²) in [6.45, 7) is 4.37. The van der Waals surface area contributed by atoms with Gasteiger partial charge in [-0.25, -0.2) is 0 Å². The van der Waals surface area contributed by atoms with E-state index in [4.69, 9.17) is 9.47 Å². The fraction of sp³-hybridized carbons (Fsp3) is 0.423. The number of ether oxygens (including phenoxy) is 2. The van der Waals surface area contributed by atoms with Gasteiger partial charge in [0.1, 0.15) is 18.1 Å². The van der Waals surface area contributed by atoms with E-state index < -0.39 is 0 Å². The van der Waals surface area contributed by atoms with Crippen LogP contribution in [-0.4, -0.2) is 78.9 Å². The zero-order valence-electron chi connectivity index (χ0n) is 19.7. The second-order valence-electron chi connectivity index (χ2n) is 8.55. The van der Waals surface area contributed by atoms with E-state index in [1.54, 1.807) is 40.9 Å². The van der Waals surface area contributed by atoms with Crippen molar-refractivity contribution >= 4 is 17.7 Å². The van der Waals surface area contributed by atoms with E-state index in [0.717, 1.165) is 18.5 Å². The highest BCUT2D eigenvalue weighted by atomic mass is 16.5. The predicted octanol–water partition coefficient (Wildman–Crippen LogP) is 2.74. The highest BCUT2D eigenvalue weighted by molar-refractivity contribution is 5.97. The van der Waals surface area contributed by atoms with Crippen LogP contribution in [0, 0.1) is 0 Å². The number of hydrogen-bond donors (Lipinski definition) is 0. The molecule has 2 fully saturated rings. The Kier molecular flexibility index (Phi) is 7.35. The van der Waals surface area contributed by atoms with Gasteiger partial charge >= 0.3 is 0 Å². The van der Waals surface area contributed by atoms with Crippen LogP contribution in [0.4, 0.5) is 0 Å². The summed E-state index contributed by atoms with van der Waals surface area (Å²) in [4.78, 5) is 43.1. The standard InChI is InChI=1S/C26H31N3O5/c1-19(30)29-15-14-28(18-22(29)20-8-3-5-10-23(20)33-2)26(32)21-9-4-6-11-24(21)34-17-16-27-13-7-12-25(27)31/h3-6,8-11,22H,7,12-18H2,1-2H3. The first-order valence-electron chi connectivity index (χ1n) is 11.7. The molecule has 2 saturated heterocycles. The number of amides is 3. The summed E-state index contributed by atoms with van der Waals surface area (Å²) in [6, 6.07) is 14.5. The van der Waals surface area contributed by atoms with E-state index in [-0.39, 0.29) is 23.8 Å². The molecule has 0 aliphatic carbocycles. The summed E-state index contributed by atoms with van der Waals surface area (Å²) in [5.41, 5.74) is 1.35.